The van der Waals surface area contributed by atoms with Gasteiger partial charge in [0, 0.05) is 12.7 Å². The van der Waals surface area contributed by atoms with Gasteiger partial charge in [0.05, 0.1) is 17.9 Å². The zero-order chi connectivity index (χ0) is 14.8. The molecule has 108 valence electrons. The minimum Gasteiger partial charge on any atom is -0.260 e. The van der Waals surface area contributed by atoms with Crippen molar-refractivity contribution in [2.24, 2.45) is 0 Å². The molecule has 0 unspecified atom stereocenters. The molecule has 0 bridgehead atoms. The Kier molecular flexibility index (Phi) is 4.74. The summed E-state index contributed by atoms with van der Waals surface area (Å²) < 4.78 is 27.0. The quantitative estimate of drug-likeness (QED) is 0.845. The van der Waals surface area contributed by atoms with Gasteiger partial charge >= 0.3 is 0 Å². The number of aryl methyl sites for hydroxylation is 1. The molecular weight excluding hydrogens is 318 g/mol. The van der Waals surface area contributed by atoms with E-state index in [1.165, 1.54) is 4.31 Å². The highest BCUT2D eigenvalue weighted by Gasteiger charge is 2.28. The Morgan fingerprint density at radius 1 is 1.40 bits per heavy atom. The van der Waals surface area contributed by atoms with Gasteiger partial charge in [0.25, 0.3) is 10.0 Å². The van der Waals surface area contributed by atoms with E-state index >= 15 is 0 Å². The lowest BCUT2D eigenvalue weighted by Crippen LogP contribution is -2.30. The van der Waals surface area contributed by atoms with E-state index in [9.17, 15) is 8.42 Å². The van der Waals surface area contributed by atoms with E-state index in [1.54, 1.807) is 32.2 Å². The molecule has 2 aromatic rings. The van der Waals surface area contributed by atoms with Crippen molar-refractivity contribution in [1.29, 1.82) is 0 Å². The van der Waals surface area contributed by atoms with Crippen LogP contribution in [-0.4, -0.2) is 29.2 Å². The van der Waals surface area contributed by atoms with Gasteiger partial charge < -0.3 is 0 Å². The molecule has 0 saturated carbocycles. The molecule has 2 heterocycles. The predicted octanol–water partition coefficient (Wildman–Crippen LogP) is 2.71. The van der Waals surface area contributed by atoms with Gasteiger partial charge in [-0.15, -0.1) is 0 Å². The van der Waals surface area contributed by atoms with Crippen LogP contribution in [0.1, 0.15) is 18.3 Å². The van der Waals surface area contributed by atoms with E-state index in [0.717, 1.165) is 11.3 Å². The number of nitrogens with zero attached hydrogens (tertiary/aromatic N) is 3. The average Bonchev–Trinajstić information content (AvgIpc) is 2.76. The Balaban J connectivity index is 2.33. The molecule has 0 aromatic carbocycles. The molecule has 0 radical (unpaired) electrons. The number of rotatable bonds is 5. The van der Waals surface area contributed by atoms with E-state index in [0.29, 0.717) is 17.9 Å². The number of hydrogen-bond donors (Lipinski definition) is 0. The fourth-order valence-corrected chi connectivity index (χ4v) is 5.04. The first kappa shape index (κ1) is 15.4. The summed E-state index contributed by atoms with van der Waals surface area (Å²) in [6, 6.07) is 5.42. The lowest BCUT2D eigenvalue weighted by Gasteiger charge is -2.19. The monoisotopic (exact) mass is 331 g/mol. The average molecular weight is 332 g/mol. The second-order valence-corrected chi connectivity index (χ2v) is 7.81. The standard InChI is InChI=1S/C12H14ClN3O2S2/c1-3-16(8-10-6-4-5-7-14-10)20(17,18)11-9(2)15-12(13)19-11/h4-7H,3,8H2,1-2H3. The normalized spacial score (nSPS) is 12.0. The fraction of sp³-hybridized carbons (Fsp3) is 0.333. The summed E-state index contributed by atoms with van der Waals surface area (Å²) in [5, 5.41) is 0. The summed E-state index contributed by atoms with van der Waals surface area (Å²) in [7, 11) is -3.59. The summed E-state index contributed by atoms with van der Waals surface area (Å²) in [6.07, 6.45) is 1.64. The van der Waals surface area contributed by atoms with Gasteiger partial charge in [-0.2, -0.15) is 4.31 Å². The highest BCUT2D eigenvalue weighted by molar-refractivity contribution is 7.91. The van der Waals surface area contributed by atoms with Gasteiger partial charge in [0.2, 0.25) is 0 Å². The summed E-state index contributed by atoms with van der Waals surface area (Å²) in [6.45, 7) is 4.02. The Morgan fingerprint density at radius 2 is 2.15 bits per heavy atom. The van der Waals surface area contributed by atoms with Crippen LogP contribution in [0.2, 0.25) is 4.47 Å². The van der Waals surface area contributed by atoms with Crippen LogP contribution in [-0.2, 0) is 16.6 Å². The van der Waals surface area contributed by atoms with Gasteiger partial charge in [-0.1, -0.05) is 35.9 Å². The Hall–Kier alpha value is -1.02. The van der Waals surface area contributed by atoms with Crippen LogP contribution in [0.5, 0.6) is 0 Å². The Bertz CT molecular complexity index is 686. The number of halogens is 1. The van der Waals surface area contributed by atoms with E-state index in [1.807, 2.05) is 6.07 Å². The minimum atomic E-state index is -3.59. The van der Waals surface area contributed by atoms with Crippen LogP contribution in [0.25, 0.3) is 0 Å². The second-order valence-electron chi connectivity index (χ2n) is 4.09. The summed E-state index contributed by atoms with van der Waals surface area (Å²) in [5.41, 5.74) is 1.13. The fourth-order valence-electron chi connectivity index (χ4n) is 1.75. The molecule has 8 heteroatoms. The molecule has 20 heavy (non-hydrogen) atoms. The highest BCUT2D eigenvalue weighted by atomic mass is 35.5. The van der Waals surface area contributed by atoms with E-state index in [2.05, 4.69) is 9.97 Å². The lowest BCUT2D eigenvalue weighted by atomic mass is 10.3. The number of sulfonamides is 1. The van der Waals surface area contributed by atoms with E-state index in [-0.39, 0.29) is 15.2 Å². The molecule has 0 saturated heterocycles. The van der Waals surface area contributed by atoms with Crippen LogP contribution >= 0.6 is 22.9 Å². The zero-order valence-corrected chi connectivity index (χ0v) is 13.5. The second kappa shape index (κ2) is 6.17. The van der Waals surface area contributed by atoms with E-state index in [4.69, 9.17) is 11.6 Å². The van der Waals surface area contributed by atoms with Crippen LogP contribution in [0, 0.1) is 6.92 Å². The van der Waals surface area contributed by atoms with Gasteiger partial charge in [-0.05, 0) is 19.1 Å². The van der Waals surface area contributed by atoms with Crippen molar-refractivity contribution in [1.82, 2.24) is 14.3 Å². The van der Waals surface area contributed by atoms with Crippen molar-refractivity contribution in [3.63, 3.8) is 0 Å². The first-order valence-corrected chi connectivity index (χ1v) is 8.61. The summed E-state index contributed by atoms with van der Waals surface area (Å²) in [5.74, 6) is 0. The summed E-state index contributed by atoms with van der Waals surface area (Å²) in [4.78, 5) is 8.12. The molecule has 5 nitrogen and oxygen atoms in total. The van der Waals surface area contributed by atoms with Crippen LogP contribution in [0.3, 0.4) is 0 Å². The molecule has 2 aromatic heterocycles. The maximum absolute atomic E-state index is 12.6. The van der Waals surface area contributed by atoms with Gasteiger partial charge in [0.15, 0.2) is 8.68 Å². The summed E-state index contributed by atoms with van der Waals surface area (Å²) >= 11 is 6.77. The molecule has 0 aliphatic rings. The largest absolute Gasteiger partial charge is 0.260 e. The number of thiazole rings is 1. The molecule has 0 atom stereocenters. The molecule has 0 amide bonds. The maximum atomic E-state index is 12.6. The smallest absolute Gasteiger partial charge is 0.254 e. The van der Waals surface area contributed by atoms with Crippen molar-refractivity contribution < 1.29 is 8.42 Å². The Morgan fingerprint density at radius 3 is 2.65 bits per heavy atom. The predicted molar refractivity (Wildman–Crippen MR) is 79.4 cm³/mol. The third-order valence-corrected chi connectivity index (χ3v) is 6.49. The number of aromatic nitrogens is 2. The minimum absolute atomic E-state index is 0.195. The zero-order valence-electron chi connectivity index (χ0n) is 11.1. The van der Waals surface area contributed by atoms with E-state index < -0.39 is 10.0 Å². The first-order chi connectivity index (χ1) is 9.45. The van der Waals surface area contributed by atoms with Crippen LogP contribution in [0.15, 0.2) is 28.6 Å². The highest BCUT2D eigenvalue weighted by Crippen LogP contribution is 2.29. The molecule has 0 N–H and O–H groups in total. The molecule has 0 fully saturated rings. The maximum Gasteiger partial charge on any atom is 0.254 e. The third kappa shape index (κ3) is 3.17. The molecule has 0 spiro atoms. The van der Waals surface area contributed by atoms with Gasteiger partial charge in [-0.3, -0.25) is 4.98 Å². The van der Waals surface area contributed by atoms with Crippen molar-refractivity contribution in [2.45, 2.75) is 24.6 Å². The number of hydrogen-bond acceptors (Lipinski definition) is 5. The Labute approximate surface area is 127 Å². The third-order valence-electron chi connectivity index (χ3n) is 2.72. The topological polar surface area (TPSA) is 63.2 Å². The first-order valence-electron chi connectivity index (χ1n) is 5.98. The number of pyridine rings is 1. The molecule has 0 aliphatic heterocycles. The molecular formula is C12H14ClN3O2S2. The van der Waals surface area contributed by atoms with Crippen molar-refractivity contribution in [3.05, 3.63) is 40.3 Å². The van der Waals surface area contributed by atoms with Crippen molar-refractivity contribution in [2.75, 3.05) is 6.54 Å². The van der Waals surface area contributed by atoms with Crippen LogP contribution < -0.4 is 0 Å². The van der Waals surface area contributed by atoms with Gasteiger partial charge in [-0.25, -0.2) is 13.4 Å². The molecule has 2 rings (SSSR count). The van der Waals surface area contributed by atoms with Crippen molar-refractivity contribution in [3.8, 4) is 0 Å². The van der Waals surface area contributed by atoms with Gasteiger partial charge in [0.1, 0.15) is 0 Å². The molecule has 0 aliphatic carbocycles. The van der Waals surface area contributed by atoms with Crippen LogP contribution in [0.4, 0.5) is 0 Å². The SMILES string of the molecule is CCN(Cc1ccccn1)S(=O)(=O)c1sc(Cl)nc1C. The van der Waals surface area contributed by atoms with Crippen molar-refractivity contribution >= 4 is 33.0 Å². The lowest BCUT2D eigenvalue weighted by molar-refractivity contribution is 0.420.